The van der Waals surface area contributed by atoms with Crippen molar-refractivity contribution in [2.45, 2.75) is 57.5 Å². The quantitative estimate of drug-likeness (QED) is 0.678. The Kier molecular flexibility index (Phi) is 7.87. The van der Waals surface area contributed by atoms with Crippen molar-refractivity contribution < 1.29 is 9.53 Å². The molecule has 0 spiro atoms. The Balaban J connectivity index is 1.18. The van der Waals surface area contributed by atoms with Crippen LogP contribution in [-0.2, 0) is 11.2 Å². The van der Waals surface area contributed by atoms with Gasteiger partial charge in [-0.05, 0) is 43.9 Å². The number of aromatic nitrogens is 3. The Morgan fingerprint density at radius 3 is 2.62 bits per heavy atom. The summed E-state index contributed by atoms with van der Waals surface area (Å²) in [6.07, 6.45) is 11.1. The van der Waals surface area contributed by atoms with Gasteiger partial charge >= 0.3 is 0 Å². The molecule has 0 radical (unpaired) electrons. The summed E-state index contributed by atoms with van der Waals surface area (Å²) in [7, 11) is 0. The van der Waals surface area contributed by atoms with Crippen LogP contribution < -0.4 is 15.0 Å². The van der Waals surface area contributed by atoms with Gasteiger partial charge in [0.15, 0.2) is 12.4 Å². The summed E-state index contributed by atoms with van der Waals surface area (Å²) in [6, 6.07) is 8.39. The maximum Gasteiger partial charge on any atom is 0.258 e. The highest BCUT2D eigenvalue weighted by molar-refractivity contribution is 5.77. The molecule has 1 saturated carbocycles. The standard InChI is InChI=1S/C24H34N6O2/c1-19(16-20-6-5-11-25-17-20)26-23(31)18-32-24-10-9-22(27-28-24)30-14-12-29(13-15-30)21-7-3-2-4-8-21/h5-6,9-11,17,19,21H,2-4,7-8,12-16,18H2,1H3,(H,26,31)/t19-/m1/s1. The smallest absolute Gasteiger partial charge is 0.258 e. The molecular weight excluding hydrogens is 404 g/mol. The first-order valence-corrected chi connectivity index (χ1v) is 11.8. The summed E-state index contributed by atoms with van der Waals surface area (Å²) in [5.74, 6) is 1.06. The maximum absolute atomic E-state index is 12.2. The SMILES string of the molecule is C[C@H](Cc1cccnc1)NC(=O)COc1ccc(N2CCN(C3CCCCC3)CC2)nn1. The molecule has 1 saturated heterocycles. The van der Waals surface area contributed by atoms with Gasteiger partial charge in [0.25, 0.3) is 5.91 Å². The number of nitrogens with zero attached hydrogens (tertiary/aromatic N) is 5. The fourth-order valence-corrected chi connectivity index (χ4v) is 4.70. The molecule has 1 aliphatic heterocycles. The zero-order chi connectivity index (χ0) is 22.2. The van der Waals surface area contributed by atoms with Gasteiger partial charge in [0.2, 0.25) is 5.88 Å². The average molecular weight is 439 g/mol. The molecule has 2 aromatic heterocycles. The molecule has 0 bridgehead atoms. The third-order valence-corrected chi connectivity index (χ3v) is 6.38. The number of amides is 1. The lowest BCUT2D eigenvalue weighted by Gasteiger charge is -2.41. The summed E-state index contributed by atoms with van der Waals surface area (Å²) in [6.45, 7) is 6.01. The summed E-state index contributed by atoms with van der Waals surface area (Å²) >= 11 is 0. The molecule has 3 heterocycles. The van der Waals surface area contributed by atoms with E-state index in [4.69, 9.17) is 4.74 Å². The number of nitrogens with one attached hydrogen (secondary N) is 1. The van der Waals surface area contributed by atoms with E-state index in [0.29, 0.717) is 5.88 Å². The van der Waals surface area contributed by atoms with E-state index in [2.05, 4.69) is 30.3 Å². The highest BCUT2D eigenvalue weighted by Crippen LogP contribution is 2.24. The fraction of sp³-hybridized carbons (Fsp3) is 0.583. The minimum Gasteiger partial charge on any atom is -0.466 e. The number of anilines is 1. The highest BCUT2D eigenvalue weighted by atomic mass is 16.5. The van der Waals surface area contributed by atoms with Crippen LogP contribution in [0.15, 0.2) is 36.7 Å². The van der Waals surface area contributed by atoms with Gasteiger partial charge in [-0.25, -0.2) is 0 Å². The average Bonchev–Trinajstić information content (AvgIpc) is 2.84. The monoisotopic (exact) mass is 438 g/mol. The van der Waals surface area contributed by atoms with E-state index in [-0.39, 0.29) is 18.6 Å². The molecule has 8 nitrogen and oxygen atoms in total. The van der Waals surface area contributed by atoms with Crippen LogP contribution in [0.2, 0.25) is 0 Å². The van der Waals surface area contributed by atoms with Crippen molar-refractivity contribution in [2.24, 2.45) is 0 Å². The Hall–Kier alpha value is -2.74. The second kappa shape index (κ2) is 11.2. The first-order chi connectivity index (χ1) is 15.7. The molecule has 1 aliphatic carbocycles. The van der Waals surface area contributed by atoms with Crippen LogP contribution in [0, 0.1) is 0 Å². The van der Waals surface area contributed by atoms with Gasteiger partial charge in [-0.1, -0.05) is 25.3 Å². The van der Waals surface area contributed by atoms with Crippen molar-refractivity contribution in [3.8, 4) is 5.88 Å². The molecule has 2 aliphatic rings. The van der Waals surface area contributed by atoms with Crippen molar-refractivity contribution in [1.29, 1.82) is 0 Å². The number of pyridine rings is 1. The van der Waals surface area contributed by atoms with Crippen molar-refractivity contribution in [3.05, 3.63) is 42.2 Å². The first-order valence-electron chi connectivity index (χ1n) is 11.8. The van der Waals surface area contributed by atoms with Crippen LogP contribution in [0.4, 0.5) is 5.82 Å². The van der Waals surface area contributed by atoms with Crippen LogP contribution in [0.1, 0.15) is 44.6 Å². The minimum absolute atomic E-state index is 0.00367. The van der Waals surface area contributed by atoms with Gasteiger partial charge in [-0.15, -0.1) is 10.2 Å². The summed E-state index contributed by atoms with van der Waals surface area (Å²) in [5.41, 5.74) is 1.09. The first kappa shape index (κ1) is 22.5. The van der Waals surface area contributed by atoms with Crippen LogP contribution in [-0.4, -0.2) is 70.9 Å². The summed E-state index contributed by atoms with van der Waals surface area (Å²) in [5, 5.41) is 11.4. The Labute approximate surface area is 190 Å². The predicted molar refractivity (Wildman–Crippen MR) is 124 cm³/mol. The van der Waals surface area contributed by atoms with Gasteiger partial charge in [-0.2, -0.15) is 0 Å². The second-order valence-electron chi connectivity index (χ2n) is 8.87. The Morgan fingerprint density at radius 2 is 1.94 bits per heavy atom. The molecule has 0 aromatic carbocycles. The van der Waals surface area contributed by atoms with Crippen molar-refractivity contribution >= 4 is 11.7 Å². The molecule has 4 rings (SSSR count). The van der Waals surface area contributed by atoms with Crippen molar-refractivity contribution in [1.82, 2.24) is 25.4 Å². The lowest BCUT2D eigenvalue weighted by atomic mass is 9.94. The van der Waals surface area contributed by atoms with Gasteiger partial charge in [0.1, 0.15) is 0 Å². The summed E-state index contributed by atoms with van der Waals surface area (Å²) < 4.78 is 5.53. The van der Waals surface area contributed by atoms with Gasteiger partial charge in [0.05, 0.1) is 0 Å². The summed E-state index contributed by atoms with van der Waals surface area (Å²) in [4.78, 5) is 21.2. The van der Waals surface area contributed by atoms with Gasteiger partial charge in [0, 0.05) is 56.7 Å². The molecule has 1 amide bonds. The van der Waals surface area contributed by atoms with E-state index < -0.39 is 0 Å². The topological polar surface area (TPSA) is 83.5 Å². The van der Waals surface area contributed by atoms with E-state index in [9.17, 15) is 4.79 Å². The van der Waals surface area contributed by atoms with Gasteiger partial charge in [-0.3, -0.25) is 14.7 Å². The van der Waals surface area contributed by atoms with Crippen LogP contribution in [0.3, 0.4) is 0 Å². The Bertz CT molecular complexity index is 833. The number of hydrogen-bond donors (Lipinski definition) is 1. The van der Waals surface area contributed by atoms with Crippen LogP contribution in [0.25, 0.3) is 0 Å². The largest absolute Gasteiger partial charge is 0.466 e. The predicted octanol–water partition coefficient (Wildman–Crippen LogP) is 2.45. The number of hydrogen-bond acceptors (Lipinski definition) is 7. The molecule has 172 valence electrons. The molecule has 2 fully saturated rings. The lowest BCUT2D eigenvalue weighted by molar-refractivity contribution is -0.123. The van der Waals surface area contributed by atoms with E-state index in [1.54, 1.807) is 12.3 Å². The van der Waals surface area contributed by atoms with Crippen molar-refractivity contribution in [2.75, 3.05) is 37.7 Å². The molecular formula is C24H34N6O2. The molecule has 8 heteroatoms. The zero-order valence-electron chi connectivity index (χ0n) is 18.9. The normalized spacial score (nSPS) is 18.8. The molecule has 1 atom stereocenters. The maximum atomic E-state index is 12.2. The molecule has 32 heavy (non-hydrogen) atoms. The third-order valence-electron chi connectivity index (χ3n) is 6.38. The molecule has 1 N–H and O–H groups in total. The van der Waals surface area contributed by atoms with E-state index in [1.807, 2.05) is 31.3 Å². The van der Waals surface area contributed by atoms with E-state index in [1.165, 1.54) is 32.1 Å². The molecule has 0 unspecified atom stereocenters. The molecule has 2 aromatic rings. The number of carbonyl (C=O) groups excluding carboxylic acids is 1. The second-order valence-corrected chi connectivity index (χ2v) is 8.87. The van der Waals surface area contributed by atoms with E-state index >= 15 is 0 Å². The number of piperazine rings is 1. The van der Waals surface area contributed by atoms with E-state index in [0.717, 1.165) is 50.0 Å². The number of ether oxygens (including phenoxy) is 1. The van der Waals surface area contributed by atoms with Crippen LogP contribution >= 0.6 is 0 Å². The highest BCUT2D eigenvalue weighted by Gasteiger charge is 2.25. The van der Waals surface area contributed by atoms with Gasteiger partial charge < -0.3 is 15.0 Å². The lowest BCUT2D eigenvalue weighted by Crippen LogP contribution is -2.51. The Morgan fingerprint density at radius 1 is 1.12 bits per heavy atom. The zero-order valence-corrected chi connectivity index (χ0v) is 18.9. The third kappa shape index (κ3) is 6.38. The minimum atomic E-state index is -0.175. The number of carbonyl (C=O) groups is 1. The number of rotatable bonds is 8. The van der Waals surface area contributed by atoms with Crippen molar-refractivity contribution in [3.63, 3.8) is 0 Å². The fourth-order valence-electron chi connectivity index (χ4n) is 4.70. The van der Waals surface area contributed by atoms with Crippen LogP contribution in [0.5, 0.6) is 5.88 Å².